The second kappa shape index (κ2) is 6.53. The van der Waals surface area contributed by atoms with Gasteiger partial charge in [-0.1, -0.05) is 30.3 Å². The van der Waals surface area contributed by atoms with E-state index in [0.29, 0.717) is 5.56 Å². The molecule has 0 aliphatic rings. The van der Waals surface area contributed by atoms with Crippen molar-refractivity contribution in [2.45, 2.75) is 0 Å². The lowest BCUT2D eigenvalue weighted by molar-refractivity contribution is -0.123. The molecule has 108 valence electrons. The summed E-state index contributed by atoms with van der Waals surface area (Å²) in [6.07, 6.45) is 0. The van der Waals surface area contributed by atoms with Crippen LogP contribution in [0.15, 0.2) is 48.5 Å². The van der Waals surface area contributed by atoms with Gasteiger partial charge in [-0.15, -0.1) is 0 Å². The molecule has 0 unspecified atom stereocenters. The van der Waals surface area contributed by atoms with E-state index in [4.69, 9.17) is 10.6 Å². The Bertz CT molecular complexity index is 656. The molecule has 0 aromatic heterocycles. The molecule has 0 radical (unpaired) electrons. The molecule has 1 amide bonds. The second-order valence-electron chi connectivity index (χ2n) is 4.23. The van der Waals surface area contributed by atoms with Crippen LogP contribution in [0.3, 0.4) is 0 Å². The van der Waals surface area contributed by atoms with Crippen LogP contribution in [0.4, 0.5) is 0 Å². The third-order valence-corrected chi connectivity index (χ3v) is 2.78. The van der Waals surface area contributed by atoms with E-state index in [1.54, 1.807) is 30.3 Å². The van der Waals surface area contributed by atoms with Gasteiger partial charge in [-0.25, -0.2) is 5.84 Å². The van der Waals surface area contributed by atoms with Gasteiger partial charge in [0.2, 0.25) is 0 Å². The maximum atomic E-state index is 12.2. The first-order chi connectivity index (χ1) is 10.1. The van der Waals surface area contributed by atoms with Gasteiger partial charge in [0, 0.05) is 11.6 Å². The summed E-state index contributed by atoms with van der Waals surface area (Å²) >= 11 is 0. The summed E-state index contributed by atoms with van der Waals surface area (Å²) in [7, 11) is 0. The van der Waals surface area contributed by atoms with Crippen molar-refractivity contribution < 1.29 is 19.4 Å². The number of hydrazine groups is 1. The van der Waals surface area contributed by atoms with Crippen LogP contribution in [-0.2, 0) is 4.79 Å². The van der Waals surface area contributed by atoms with Gasteiger partial charge < -0.3 is 9.84 Å². The number of ether oxygens (including phenoxy) is 1. The van der Waals surface area contributed by atoms with E-state index in [9.17, 15) is 14.7 Å². The number of nitrogens with two attached hydrogens (primary N) is 1. The number of benzene rings is 2. The van der Waals surface area contributed by atoms with Crippen molar-refractivity contribution in [3.8, 4) is 11.5 Å². The second-order valence-corrected chi connectivity index (χ2v) is 4.23. The molecule has 4 N–H and O–H groups in total. The number of rotatable bonds is 5. The van der Waals surface area contributed by atoms with Gasteiger partial charge in [0.15, 0.2) is 12.4 Å². The minimum Gasteiger partial charge on any atom is -0.507 e. The van der Waals surface area contributed by atoms with E-state index < -0.39 is 5.91 Å². The fraction of sp³-hybridized carbons (Fsp3) is 0.0667. The number of hydrogen-bond donors (Lipinski definition) is 3. The molecule has 6 heteroatoms. The van der Waals surface area contributed by atoms with Crippen molar-refractivity contribution in [1.29, 1.82) is 0 Å². The van der Waals surface area contributed by atoms with Gasteiger partial charge >= 0.3 is 0 Å². The maximum Gasteiger partial charge on any atom is 0.271 e. The summed E-state index contributed by atoms with van der Waals surface area (Å²) in [6.45, 7) is -0.276. The molecule has 0 spiro atoms. The van der Waals surface area contributed by atoms with Crippen molar-refractivity contribution in [2.75, 3.05) is 6.61 Å². The first kappa shape index (κ1) is 14.5. The van der Waals surface area contributed by atoms with Crippen LogP contribution in [-0.4, -0.2) is 23.4 Å². The van der Waals surface area contributed by atoms with Gasteiger partial charge in [0.05, 0.1) is 5.56 Å². The SMILES string of the molecule is NNC(=O)COc1ccc(C(=O)c2ccccc2)c(O)c1. The van der Waals surface area contributed by atoms with Crippen LogP contribution < -0.4 is 16.0 Å². The number of carbonyl (C=O) groups is 2. The Morgan fingerprint density at radius 2 is 1.86 bits per heavy atom. The Labute approximate surface area is 121 Å². The minimum atomic E-state index is -0.501. The molecule has 2 aromatic carbocycles. The summed E-state index contributed by atoms with van der Waals surface area (Å²) in [5, 5.41) is 9.92. The highest BCUT2D eigenvalue weighted by atomic mass is 16.5. The number of amides is 1. The number of aromatic hydroxyl groups is 1. The van der Waals surface area contributed by atoms with Crippen molar-refractivity contribution in [1.82, 2.24) is 5.43 Å². The predicted molar refractivity (Wildman–Crippen MR) is 75.8 cm³/mol. The molecule has 2 rings (SSSR count). The summed E-state index contributed by atoms with van der Waals surface area (Å²) in [6, 6.07) is 12.8. The Balaban J connectivity index is 2.16. The van der Waals surface area contributed by atoms with E-state index >= 15 is 0 Å². The molecule has 6 nitrogen and oxygen atoms in total. The third-order valence-electron chi connectivity index (χ3n) is 2.78. The number of carbonyl (C=O) groups excluding carboxylic acids is 2. The van der Waals surface area contributed by atoms with Crippen LogP contribution in [0.25, 0.3) is 0 Å². The lowest BCUT2D eigenvalue weighted by Gasteiger charge is -2.08. The number of ketones is 1. The highest BCUT2D eigenvalue weighted by Crippen LogP contribution is 2.25. The molecule has 2 aromatic rings. The van der Waals surface area contributed by atoms with Crippen molar-refractivity contribution in [3.05, 3.63) is 59.7 Å². The molecule has 0 aliphatic heterocycles. The van der Waals surface area contributed by atoms with Crippen LogP contribution in [0.5, 0.6) is 11.5 Å². The summed E-state index contributed by atoms with van der Waals surface area (Å²) in [5.74, 6) is 4.18. The van der Waals surface area contributed by atoms with Crippen LogP contribution in [0.2, 0.25) is 0 Å². The van der Waals surface area contributed by atoms with Crippen molar-refractivity contribution in [2.24, 2.45) is 5.84 Å². The van der Waals surface area contributed by atoms with E-state index in [1.165, 1.54) is 18.2 Å². The quantitative estimate of drug-likeness (QED) is 0.329. The Kier molecular flexibility index (Phi) is 4.53. The molecule has 0 heterocycles. The predicted octanol–water partition coefficient (Wildman–Crippen LogP) is 0.992. The molecule has 0 aliphatic carbocycles. The summed E-state index contributed by atoms with van der Waals surface area (Å²) in [5.41, 5.74) is 2.56. The molecule has 0 saturated heterocycles. The maximum absolute atomic E-state index is 12.2. The molecule has 0 atom stereocenters. The monoisotopic (exact) mass is 286 g/mol. The fourth-order valence-electron chi connectivity index (χ4n) is 1.73. The largest absolute Gasteiger partial charge is 0.507 e. The molecular weight excluding hydrogens is 272 g/mol. The van der Waals surface area contributed by atoms with Gasteiger partial charge in [-0.2, -0.15) is 0 Å². The van der Waals surface area contributed by atoms with Gasteiger partial charge in [0.1, 0.15) is 11.5 Å². The zero-order valence-corrected chi connectivity index (χ0v) is 11.1. The molecular formula is C15H14N2O4. The van der Waals surface area contributed by atoms with Gasteiger partial charge in [-0.3, -0.25) is 15.0 Å². The highest BCUT2D eigenvalue weighted by molar-refractivity contribution is 6.10. The van der Waals surface area contributed by atoms with Crippen molar-refractivity contribution in [3.63, 3.8) is 0 Å². The van der Waals surface area contributed by atoms with Crippen molar-refractivity contribution >= 4 is 11.7 Å². The zero-order chi connectivity index (χ0) is 15.2. The van der Waals surface area contributed by atoms with Crippen LogP contribution in [0, 0.1) is 0 Å². The van der Waals surface area contributed by atoms with E-state index in [1.807, 2.05) is 5.43 Å². The number of nitrogens with one attached hydrogen (secondary N) is 1. The molecule has 21 heavy (non-hydrogen) atoms. The lowest BCUT2D eigenvalue weighted by Crippen LogP contribution is -2.34. The molecule has 0 saturated carbocycles. The number of phenolic OH excluding ortho intramolecular Hbond substituents is 1. The zero-order valence-electron chi connectivity index (χ0n) is 11.1. The standard InChI is InChI=1S/C15H14N2O4/c16-17-14(19)9-21-11-6-7-12(13(18)8-11)15(20)10-4-2-1-3-5-10/h1-8,18H,9,16H2,(H,17,19). The number of phenols is 1. The van der Waals surface area contributed by atoms with E-state index in [0.717, 1.165) is 0 Å². The normalized spacial score (nSPS) is 9.95. The van der Waals surface area contributed by atoms with E-state index in [2.05, 4.69) is 0 Å². The summed E-state index contributed by atoms with van der Waals surface area (Å²) in [4.78, 5) is 23.2. The summed E-state index contributed by atoms with van der Waals surface area (Å²) < 4.78 is 5.12. The Hall–Kier alpha value is -2.86. The van der Waals surface area contributed by atoms with Crippen LogP contribution in [0.1, 0.15) is 15.9 Å². The molecule has 0 bridgehead atoms. The average molecular weight is 286 g/mol. The lowest BCUT2D eigenvalue weighted by atomic mass is 10.0. The first-order valence-electron chi connectivity index (χ1n) is 6.17. The Morgan fingerprint density at radius 1 is 1.14 bits per heavy atom. The third kappa shape index (κ3) is 3.58. The smallest absolute Gasteiger partial charge is 0.271 e. The topological polar surface area (TPSA) is 102 Å². The highest BCUT2D eigenvalue weighted by Gasteiger charge is 2.14. The van der Waals surface area contributed by atoms with Gasteiger partial charge in [0.25, 0.3) is 5.91 Å². The first-order valence-corrected chi connectivity index (χ1v) is 6.17. The minimum absolute atomic E-state index is 0.164. The Morgan fingerprint density at radius 3 is 2.48 bits per heavy atom. The van der Waals surface area contributed by atoms with E-state index in [-0.39, 0.29) is 29.5 Å². The fourth-order valence-corrected chi connectivity index (χ4v) is 1.73. The van der Waals surface area contributed by atoms with Gasteiger partial charge in [-0.05, 0) is 12.1 Å². The van der Waals surface area contributed by atoms with Crippen LogP contribution >= 0.6 is 0 Å². The molecule has 0 fully saturated rings. The number of hydrogen-bond acceptors (Lipinski definition) is 5. The average Bonchev–Trinajstić information content (AvgIpc) is 2.53.